The average Bonchev–Trinajstić information content (AvgIpc) is 3.14. The van der Waals surface area contributed by atoms with Crippen LogP contribution >= 0.6 is 0 Å². The van der Waals surface area contributed by atoms with E-state index < -0.39 is 0 Å². The van der Waals surface area contributed by atoms with Crippen molar-refractivity contribution in [3.05, 3.63) is 54.1 Å². The number of ether oxygens (including phenoxy) is 3. The van der Waals surface area contributed by atoms with E-state index in [1.165, 1.54) is 0 Å². The van der Waals surface area contributed by atoms with E-state index in [2.05, 4.69) is 5.32 Å². The lowest BCUT2D eigenvalue weighted by Crippen LogP contribution is -2.16. The van der Waals surface area contributed by atoms with E-state index in [9.17, 15) is 4.79 Å². The zero-order chi connectivity index (χ0) is 16.8. The molecule has 2 aromatic carbocycles. The second-order valence-electron chi connectivity index (χ2n) is 5.65. The van der Waals surface area contributed by atoms with E-state index in [-0.39, 0.29) is 12.0 Å². The minimum absolute atomic E-state index is 0.161. The maximum Gasteiger partial charge on any atom is 0.255 e. The summed E-state index contributed by atoms with van der Waals surface area (Å²) in [6.07, 6.45) is 2.32. The average molecular weight is 327 g/mol. The first-order chi connectivity index (χ1) is 11.7. The highest BCUT2D eigenvalue weighted by Crippen LogP contribution is 2.18. The third-order valence-corrected chi connectivity index (χ3v) is 3.92. The van der Waals surface area contributed by atoms with Crippen LogP contribution in [-0.2, 0) is 4.74 Å². The molecule has 1 aliphatic rings. The normalized spacial score (nSPS) is 16.6. The van der Waals surface area contributed by atoms with Crippen molar-refractivity contribution in [1.82, 2.24) is 0 Å². The number of amides is 1. The number of hydrogen-bond acceptors (Lipinski definition) is 4. The summed E-state index contributed by atoms with van der Waals surface area (Å²) in [5.41, 5.74) is 1.30. The van der Waals surface area contributed by atoms with Crippen LogP contribution in [0.5, 0.6) is 11.5 Å². The van der Waals surface area contributed by atoms with E-state index in [1.54, 1.807) is 55.6 Å². The van der Waals surface area contributed by atoms with E-state index in [0.717, 1.165) is 36.6 Å². The number of methoxy groups -OCH3 is 1. The van der Waals surface area contributed by atoms with E-state index in [0.29, 0.717) is 12.2 Å². The summed E-state index contributed by atoms with van der Waals surface area (Å²) < 4.78 is 16.3. The van der Waals surface area contributed by atoms with Gasteiger partial charge in [-0.25, -0.2) is 0 Å². The van der Waals surface area contributed by atoms with E-state index >= 15 is 0 Å². The van der Waals surface area contributed by atoms with Crippen LogP contribution in [0.1, 0.15) is 23.2 Å². The topological polar surface area (TPSA) is 56.8 Å². The second-order valence-corrected chi connectivity index (χ2v) is 5.65. The molecule has 1 N–H and O–H groups in total. The fourth-order valence-corrected chi connectivity index (χ4v) is 2.55. The number of rotatable bonds is 6. The van der Waals surface area contributed by atoms with Gasteiger partial charge in [0.1, 0.15) is 18.1 Å². The lowest BCUT2D eigenvalue weighted by Gasteiger charge is -2.12. The Morgan fingerprint density at radius 2 is 1.83 bits per heavy atom. The summed E-state index contributed by atoms with van der Waals surface area (Å²) in [5.74, 6) is 1.33. The standard InChI is InChI=1S/C19H21NO4/c1-22-16-10-6-15(7-11-16)20-19(21)14-4-8-17(9-5-14)24-13-18-3-2-12-23-18/h4-11,18H,2-3,12-13H2,1H3,(H,20,21)/t18-/m0/s1. The van der Waals surface area contributed by atoms with Crippen molar-refractivity contribution in [2.45, 2.75) is 18.9 Å². The Balaban J connectivity index is 1.54. The molecule has 0 aromatic heterocycles. The smallest absolute Gasteiger partial charge is 0.255 e. The molecule has 0 bridgehead atoms. The summed E-state index contributed by atoms with van der Waals surface area (Å²) in [4.78, 5) is 12.2. The lowest BCUT2D eigenvalue weighted by molar-refractivity contribution is 0.0679. The maximum absolute atomic E-state index is 12.2. The van der Waals surface area contributed by atoms with E-state index in [1.807, 2.05) is 0 Å². The molecule has 126 valence electrons. The predicted molar refractivity (Wildman–Crippen MR) is 91.9 cm³/mol. The van der Waals surface area contributed by atoms with Gasteiger partial charge in [0.2, 0.25) is 0 Å². The van der Waals surface area contributed by atoms with Crippen LogP contribution in [0, 0.1) is 0 Å². The van der Waals surface area contributed by atoms with Gasteiger partial charge in [-0.15, -0.1) is 0 Å². The Labute approximate surface area is 141 Å². The zero-order valence-corrected chi connectivity index (χ0v) is 13.7. The quantitative estimate of drug-likeness (QED) is 0.882. The monoisotopic (exact) mass is 327 g/mol. The molecule has 1 aliphatic heterocycles. The molecular formula is C19H21NO4. The van der Waals surface area contributed by atoms with Crippen molar-refractivity contribution < 1.29 is 19.0 Å². The fourth-order valence-electron chi connectivity index (χ4n) is 2.55. The molecule has 2 aromatic rings. The first-order valence-corrected chi connectivity index (χ1v) is 8.04. The SMILES string of the molecule is COc1ccc(NC(=O)c2ccc(OC[C@@H]3CCCO3)cc2)cc1. The molecule has 5 nitrogen and oxygen atoms in total. The van der Waals surface area contributed by atoms with Gasteiger partial charge in [0.15, 0.2) is 0 Å². The molecule has 1 fully saturated rings. The summed E-state index contributed by atoms with van der Waals surface area (Å²) in [6, 6.07) is 14.3. The Hall–Kier alpha value is -2.53. The molecule has 1 amide bonds. The van der Waals surface area contributed by atoms with Gasteiger partial charge in [0, 0.05) is 17.9 Å². The van der Waals surface area contributed by atoms with Gasteiger partial charge >= 0.3 is 0 Å². The lowest BCUT2D eigenvalue weighted by atomic mass is 10.2. The van der Waals surface area contributed by atoms with Gasteiger partial charge in [-0.3, -0.25) is 4.79 Å². The first kappa shape index (κ1) is 16.3. The van der Waals surface area contributed by atoms with Crippen LogP contribution in [-0.4, -0.2) is 32.3 Å². The molecule has 0 unspecified atom stereocenters. The molecule has 1 atom stereocenters. The van der Waals surface area contributed by atoms with Gasteiger partial charge < -0.3 is 19.5 Å². The van der Waals surface area contributed by atoms with Crippen molar-refractivity contribution in [3.8, 4) is 11.5 Å². The summed E-state index contributed by atoms with van der Waals surface area (Å²) in [6.45, 7) is 1.37. The third-order valence-electron chi connectivity index (χ3n) is 3.92. The number of carbonyl (C=O) groups is 1. The molecular weight excluding hydrogens is 306 g/mol. The van der Waals surface area contributed by atoms with Crippen LogP contribution < -0.4 is 14.8 Å². The minimum Gasteiger partial charge on any atom is -0.497 e. The molecule has 1 saturated heterocycles. The molecule has 0 radical (unpaired) electrons. The summed E-state index contributed by atoms with van der Waals surface area (Å²) in [7, 11) is 1.61. The zero-order valence-electron chi connectivity index (χ0n) is 13.7. The molecule has 3 rings (SSSR count). The summed E-state index contributed by atoms with van der Waals surface area (Å²) >= 11 is 0. The number of anilines is 1. The van der Waals surface area contributed by atoms with Crippen molar-refractivity contribution >= 4 is 11.6 Å². The Bertz CT molecular complexity index is 661. The number of benzene rings is 2. The van der Waals surface area contributed by atoms with Crippen LogP contribution in [0.25, 0.3) is 0 Å². The van der Waals surface area contributed by atoms with E-state index in [4.69, 9.17) is 14.2 Å². The van der Waals surface area contributed by atoms with Crippen LogP contribution in [0.4, 0.5) is 5.69 Å². The number of nitrogens with one attached hydrogen (secondary N) is 1. The highest BCUT2D eigenvalue weighted by atomic mass is 16.5. The molecule has 1 heterocycles. The highest BCUT2D eigenvalue weighted by Gasteiger charge is 2.16. The Morgan fingerprint density at radius 1 is 1.12 bits per heavy atom. The largest absolute Gasteiger partial charge is 0.497 e. The van der Waals surface area contributed by atoms with Gasteiger partial charge in [-0.05, 0) is 61.4 Å². The van der Waals surface area contributed by atoms with Crippen LogP contribution in [0.3, 0.4) is 0 Å². The number of carbonyl (C=O) groups excluding carboxylic acids is 1. The molecule has 0 spiro atoms. The second kappa shape index (κ2) is 7.84. The third kappa shape index (κ3) is 4.26. The molecule has 24 heavy (non-hydrogen) atoms. The molecule has 0 saturated carbocycles. The van der Waals surface area contributed by atoms with Gasteiger partial charge in [-0.1, -0.05) is 0 Å². The van der Waals surface area contributed by atoms with Crippen molar-refractivity contribution in [2.24, 2.45) is 0 Å². The predicted octanol–water partition coefficient (Wildman–Crippen LogP) is 3.51. The molecule has 0 aliphatic carbocycles. The molecule has 5 heteroatoms. The number of hydrogen-bond donors (Lipinski definition) is 1. The van der Waals surface area contributed by atoms with Gasteiger partial charge in [0.05, 0.1) is 13.2 Å². The maximum atomic E-state index is 12.2. The minimum atomic E-state index is -0.161. The Morgan fingerprint density at radius 3 is 2.46 bits per heavy atom. The fraction of sp³-hybridized carbons (Fsp3) is 0.316. The Kier molecular flexibility index (Phi) is 5.33. The first-order valence-electron chi connectivity index (χ1n) is 8.04. The van der Waals surface area contributed by atoms with Crippen molar-refractivity contribution in [1.29, 1.82) is 0 Å². The van der Waals surface area contributed by atoms with Crippen molar-refractivity contribution in [3.63, 3.8) is 0 Å². The van der Waals surface area contributed by atoms with Crippen LogP contribution in [0.15, 0.2) is 48.5 Å². The van der Waals surface area contributed by atoms with Gasteiger partial charge in [-0.2, -0.15) is 0 Å². The van der Waals surface area contributed by atoms with Crippen LogP contribution in [0.2, 0.25) is 0 Å². The van der Waals surface area contributed by atoms with Gasteiger partial charge in [0.25, 0.3) is 5.91 Å². The van der Waals surface area contributed by atoms with Crippen molar-refractivity contribution in [2.75, 3.05) is 25.6 Å². The summed E-state index contributed by atoms with van der Waals surface area (Å²) in [5, 5.41) is 2.85. The highest BCUT2D eigenvalue weighted by molar-refractivity contribution is 6.04.